The highest BCUT2D eigenvalue weighted by atomic mass is 32.1. The zero-order valence-electron chi connectivity index (χ0n) is 10.4. The molecule has 1 unspecified atom stereocenters. The van der Waals surface area contributed by atoms with Gasteiger partial charge in [0, 0.05) is 18.1 Å². The van der Waals surface area contributed by atoms with Crippen molar-refractivity contribution in [2.45, 2.75) is 12.6 Å². The van der Waals surface area contributed by atoms with Gasteiger partial charge in [-0.25, -0.2) is 4.98 Å². The zero-order valence-corrected chi connectivity index (χ0v) is 11.2. The van der Waals surface area contributed by atoms with Crippen molar-refractivity contribution in [3.8, 4) is 10.6 Å². The van der Waals surface area contributed by atoms with Crippen molar-refractivity contribution in [1.29, 1.82) is 0 Å². The van der Waals surface area contributed by atoms with Crippen molar-refractivity contribution in [3.63, 3.8) is 0 Å². The standard InChI is InChI=1S/C13H14N2O3S/c1-18-6-8-3-2-4-9(5-8)12-15-10(7-19-12)11(14)13(16)17/h2-5,7,11H,6,14H2,1H3,(H,16,17). The number of carboxylic acids is 1. The summed E-state index contributed by atoms with van der Waals surface area (Å²) in [5.41, 5.74) is 7.89. The summed E-state index contributed by atoms with van der Waals surface area (Å²) >= 11 is 1.38. The molecule has 19 heavy (non-hydrogen) atoms. The average Bonchev–Trinajstić information content (AvgIpc) is 2.88. The molecule has 1 heterocycles. The van der Waals surface area contributed by atoms with Crippen molar-refractivity contribution >= 4 is 17.3 Å². The molecule has 2 rings (SSSR count). The monoisotopic (exact) mass is 278 g/mol. The number of nitrogens with two attached hydrogens (primary N) is 1. The van der Waals surface area contributed by atoms with Crippen LogP contribution in [0, 0.1) is 0 Å². The molecule has 1 aromatic heterocycles. The van der Waals surface area contributed by atoms with E-state index in [2.05, 4.69) is 4.98 Å². The third kappa shape index (κ3) is 3.17. The van der Waals surface area contributed by atoms with Gasteiger partial charge in [-0.3, -0.25) is 4.79 Å². The first kappa shape index (κ1) is 13.7. The predicted molar refractivity (Wildman–Crippen MR) is 72.8 cm³/mol. The Morgan fingerprint density at radius 3 is 3.05 bits per heavy atom. The topological polar surface area (TPSA) is 85.4 Å². The molecule has 0 aliphatic heterocycles. The highest BCUT2D eigenvalue weighted by Crippen LogP contribution is 2.26. The van der Waals surface area contributed by atoms with Gasteiger partial charge in [0.05, 0.1) is 12.3 Å². The average molecular weight is 278 g/mol. The van der Waals surface area contributed by atoms with Crippen molar-refractivity contribution in [2.75, 3.05) is 7.11 Å². The molecule has 5 nitrogen and oxygen atoms in total. The summed E-state index contributed by atoms with van der Waals surface area (Å²) in [6, 6.07) is 6.70. The number of benzene rings is 1. The molecular formula is C13H14N2O3S. The second kappa shape index (κ2) is 5.92. The molecule has 100 valence electrons. The van der Waals surface area contributed by atoms with E-state index in [1.54, 1.807) is 12.5 Å². The molecule has 0 spiro atoms. The quantitative estimate of drug-likeness (QED) is 0.874. The summed E-state index contributed by atoms with van der Waals surface area (Å²) < 4.78 is 5.08. The van der Waals surface area contributed by atoms with Crippen LogP contribution < -0.4 is 5.73 Å². The van der Waals surface area contributed by atoms with Crippen LogP contribution in [0.1, 0.15) is 17.3 Å². The van der Waals surface area contributed by atoms with Gasteiger partial charge in [0.25, 0.3) is 0 Å². The number of methoxy groups -OCH3 is 1. The minimum atomic E-state index is -1.08. The highest BCUT2D eigenvalue weighted by Gasteiger charge is 2.18. The Morgan fingerprint density at radius 2 is 2.37 bits per heavy atom. The van der Waals surface area contributed by atoms with E-state index in [1.165, 1.54) is 11.3 Å². The molecule has 0 fully saturated rings. The summed E-state index contributed by atoms with van der Waals surface area (Å²) in [7, 11) is 1.64. The second-order valence-electron chi connectivity index (χ2n) is 4.03. The summed E-state index contributed by atoms with van der Waals surface area (Å²) in [6.07, 6.45) is 0. The van der Waals surface area contributed by atoms with Crippen LogP contribution in [0.4, 0.5) is 0 Å². The van der Waals surface area contributed by atoms with Crippen LogP contribution >= 0.6 is 11.3 Å². The maximum Gasteiger partial charge on any atom is 0.326 e. The van der Waals surface area contributed by atoms with Crippen molar-refractivity contribution in [3.05, 3.63) is 40.9 Å². The molecule has 0 amide bonds. The number of rotatable bonds is 5. The van der Waals surface area contributed by atoms with Crippen molar-refractivity contribution in [2.24, 2.45) is 5.73 Å². The zero-order chi connectivity index (χ0) is 13.8. The van der Waals surface area contributed by atoms with Gasteiger partial charge in [0.2, 0.25) is 0 Å². The number of carboxylic acid groups (broad SMARTS) is 1. The van der Waals surface area contributed by atoms with Crippen LogP contribution in [0.25, 0.3) is 10.6 Å². The summed E-state index contributed by atoms with van der Waals surface area (Å²) in [5, 5.41) is 11.3. The Balaban J connectivity index is 2.27. The number of carbonyl (C=O) groups is 1. The Kier molecular flexibility index (Phi) is 4.26. The van der Waals surface area contributed by atoms with E-state index in [9.17, 15) is 4.79 Å². The lowest BCUT2D eigenvalue weighted by Gasteiger charge is -2.03. The number of thiazole rings is 1. The van der Waals surface area contributed by atoms with Gasteiger partial charge in [0.1, 0.15) is 11.0 Å². The van der Waals surface area contributed by atoms with E-state index in [1.807, 2.05) is 24.3 Å². The lowest BCUT2D eigenvalue weighted by Crippen LogP contribution is -2.20. The van der Waals surface area contributed by atoms with Gasteiger partial charge in [-0.15, -0.1) is 11.3 Å². The maximum atomic E-state index is 10.8. The molecular weight excluding hydrogens is 264 g/mol. The van der Waals surface area contributed by atoms with Gasteiger partial charge in [0.15, 0.2) is 0 Å². The molecule has 0 aliphatic carbocycles. The van der Waals surface area contributed by atoms with E-state index in [0.717, 1.165) is 16.1 Å². The van der Waals surface area contributed by atoms with Crippen LogP contribution in [0.5, 0.6) is 0 Å². The lowest BCUT2D eigenvalue weighted by atomic mass is 10.1. The highest BCUT2D eigenvalue weighted by molar-refractivity contribution is 7.13. The smallest absolute Gasteiger partial charge is 0.326 e. The molecule has 0 aliphatic rings. The second-order valence-corrected chi connectivity index (χ2v) is 4.88. The predicted octanol–water partition coefficient (Wildman–Crippen LogP) is 2.04. The van der Waals surface area contributed by atoms with Gasteiger partial charge >= 0.3 is 5.97 Å². The van der Waals surface area contributed by atoms with E-state index in [-0.39, 0.29) is 0 Å². The molecule has 0 saturated carbocycles. The fourth-order valence-corrected chi connectivity index (χ4v) is 2.50. The van der Waals surface area contributed by atoms with E-state index < -0.39 is 12.0 Å². The Bertz CT molecular complexity index is 583. The minimum absolute atomic E-state index is 0.379. The summed E-state index contributed by atoms with van der Waals surface area (Å²) in [4.78, 5) is 15.1. The fourth-order valence-electron chi connectivity index (χ4n) is 1.65. The molecule has 1 atom stereocenters. The minimum Gasteiger partial charge on any atom is -0.480 e. The summed E-state index contributed by atoms with van der Waals surface area (Å²) in [6.45, 7) is 0.528. The van der Waals surface area contributed by atoms with Crippen LogP contribution in [0.3, 0.4) is 0 Å². The van der Waals surface area contributed by atoms with E-state index in [4.69, 9.17) is 15.6 Å². The Morgan fingerprint density at radius 1 is 1.58 bits per heavy atom. The first-order valence-corrected chi connectivity index (χ1v) is 6.52. The van der Waals surface area contributed by atoms with E-state index >= 15 is 0 Å². The molecule has 0 saturated heterocycles. The van der Waals surface area contributed by atoms with Crippen molar-refractivity contribution < 1.29 is 14.6 Å². The van der Waals surface area contributed by atoms with Crippen LogP contribution in [0.2, 0.25) is 0 Å². The first-order chi connectivity index (χ1) is 9.11. The van der Waals surface area contributed by atoms with Crippen LogP contribution in [-0.2, 0) is 16.1 Å². The lowest BCUT2D eigenvalue weighted by molar-refractivity contribution is -0.138. The molecule has 1 aromatic carbocycles. The normalized spacial score (nSPS) is 12.3. The number of hydrogen-bond donors (Lipinski definition) is 2. The Labute approximate surface area is 114 Å². The molecule has 0 radical (unpaired) electrons. The third-order valence-electron chi connectivity index (χ3n) is 2.59. The largest absolute Gasteiger partial charge is 0.480 e. The van der Waals surface area contributed by atoms with Gasteiger partial charge in [-0.2, -0.15) is 0 Å². The number of aromatic nitrogens is 1. The molecule has 6 heteroatoms. The van der Waals surface area contributed by atoms with E-state index in [0.29, 0.717) is 12.3 Å². The number of aliphatic carboxylic acids is 1. The molecule has 0 bridgehead atoms. The van der Waals surface area contributed by atoms with Gasteiger partial charge in [-0.05, 0) is 11.6 Å². The number of ether oxygens (including phenoxy) is 1. The van der Waals surface area contributed by atoms with Gasteiger partial charge in [-0.1, -0.05) is 18.2 Å². The van der Waals surface area contributed by atoms with Gasteiger partial charge < -0.3 is 15.6 Å². The maximum absolute atomic E-state index is 10.8. The number of hydrogen-bond acceptors (Lipinski definition) is 5. The summed E-state index contributed by atoms with van der Waals surface area (Å²) in [5.74, 6) is -1.08. The first-order valence-electron chi connectivity index (χ1n) is 5.64. The van der Waals surface area contributed by atoms with Crippen LogP contribution in [0.15, 0.2) is 29.6 Å². The molecule has 3 N–H and O–H groups in total. The third-order valence-corrected chi connectivity index (χ3v) is 3.50. The fraction of sp³-hybridized carbons (Fsp3) is 0.231. The Hall–Kier alpha value is -1.76. The van der Waals surface area contributed by atoms with Crippen LogP contribution in [-0.4, -0.2) is 23.2 Å². The molecule has 2 aromatic rings. The van der Waals surface area contributed by atoms with Crippen molar-refractivity contribution in [1.82, 2.24) is 4.98 Å². The SMILES string of the molecule is COCc1cccc(-c2nc(C(N)C(=O)O)cs2)c1. The number of nitrogens with zero attached hydrogens (tertiary/aromatic N) is 1.